The number of piperazine rings is 1. The first-order valence-electron chi connectivity index (χ1n) is 12.9. The van der Waals surface area contributed by atoms with Gasteiger partial charge in [0.25, 0.3) is 5.91 Å². The first kappa shape index (κ1) is 29.0. The van der Waals surface area contributed by atoms with Crippen LogP contribution in [-0.4, -0.2) is 67.2 Å². The Labute approximate surface area is 234 Å². The molecule has 0 bridgehead atoms. The molecule has 1 aromatic heterocycles. The highest BCUT2D eigenvalue weighted by molar-refractivity contribution is 7.89. The molecule has 1 amide bonds. The Kier molecular flexibility index (Phi) is 8.40. The fourth-order valence-electron chi connectivity index (χ4n) is 4.56. The van der Waals surface area contributed by atoms with E-state index in [1.165, 1.54) is 12.1 Å². The van der Waals surface area contributed by atoms with Crippen molar-refractivity contribution in [2.24, 2.45) is 5.41 Å². The van der Waals surface area contributed by atoms with Crippen LogP contribution in [0.5, 0.6) is 0 Å². The van der Waals surface area contributed by atoms with Gasteiger partial charge in [0.05, 0.1) is 11.3 Å². The molecule has 0 spiro atoms. The van der Waals surface area contributed by atoms with Crippen molar-refractivity contribution in [2.75, 3.05) is 36.0 Å². The van der Waals surface area contributed by atoms with Crippen LogP contribution in [0.2, 0.25) is 0 Å². The van der Waals surface area contributed by atoms with Gasteiger partial charge in [-0.25, -0.2) is 18.4 Å². The van der Waals surface area contributed by atoms with Gasteiger partial charge in [0, 0.05) is 55.2 Å². The number of amides is 1. The second-order valence-corrected chi connectivity index (χ2v) is 12.4. The third-order valence-electron chi connectivity index (χ3n) is 6.97. The molecule has 4 rings (SSSR count). The number of aliphatic carboxylic acids is 1. The van der Waals surface area contributed by atoms with Gasteiger partial charge in [-0.1, -0.05) is 45.0 Å². The molecular weight excluding hydrogens is 532 g/mol. The Morgan fingerprint density at radius 1 is 0.900 bits per heavy atom. The zero-order chi connectivity index (χ0) is 29.0. The highest BCUT2D eigenvalue weighted by atomic mass is 32.2. The van der Waals surface area contributed by atoms with Crippen molar-refractivity contribution in [1.29, 1.82) is 0 Å². The van der Waals surface area contributed by atoms with E-state index in [0.29, 0.717) is 32.1 Å². The first-order chi connectivity index (χ1) is 18.9. The summed E-state index contributed by atoms with van der Waals surface area (Å²) in [6, 6.07) is 16.4. The van der Waals surface area contributed by atoms with Crippen LogP contribution >= 0.6 is 0 Å². The fourth-order valence-corrected chi connectivity index (χ4v) is 6.08. The average Bonchev–Trinajstić information content (AvgIpc) is 2.93. The van der Waals surface area contributed by atoms with Gasteiger partial charge >= 0.3 is 5.97 Å². The molecule has 212 valence electrons. The Balaban J connectivity index is 1.57. The number of hydrogen-bond acceptors (Lipinski definition) is 8. The number of rotatable bonds is 9. The Morgan fingerprint density at radius 2 is 1.52 bits per heavy atom. The largest absolute Gasteiger partial charge is 0.481 e. The van der Waals surface area contributed by atoms with Crippen molar-refractivity contribution in [3.63, 3.8) is 0 Å². The second kappa shape index (κ2) is 11.6. The number of carbonyl (C=O) groups excluding carboxylic acids is 1. The number of carboxylic acids is 1. The molecule has 1 aliphatic heterocycles. The minimum atomic E-state index is -4.18. The van der Waals surface area contributed by atoms with Gasteiger partial charge in [0.2, 0.25) is 16.0 Å². The van der Waals surface area contributed by atoms with Crippen LogP contribution in [0.25, 0.3) is 0 Å². The van der Waals surface area contributed by atoms with Gasteiger partial charge < -0.3 is 20.2 Å². The number of anilines is 2. The van der Waals surface area contributed by atoms with Crippen LogP contribution in [0.3, 0.4) is 0 Å². The van der Waals surface area contributed by atoms with Gasteiger partial charge in [-0.3, -0.25) is 9.59 Å². The topological polar surface area (TPSA) is 145 Å². The normalized spacial score (nSPS) is 15.8. The molecule has 1 unspecified atom stereocenters. The molecule has 40 heavy (non-hydrogen) atoms. The predicted octanol–water partition coefficient (Wildman–Crippen LogP) is 2.73. The number of benzene rings is 2. The summed E-state index contributed by atoms with van der Waals surface area (Å²) in [7, 11) is -4.18. The summed E-state index contributed by atoms with van der Waals surface area (Å²) >= 11 is 0. The molecule has 1 fully saturated rings. The van der Waals surface area contributed by atoms with Crippen LogP contribution in [0.1, 0.15) is 37.6 Å². The molecule has 0 saturated carbocycles. The second-order valence-electron chi connectivity index (χ2n) is 10.7. The minimum absolute atomic E-state index is 0.0368. The van der Waals surface area contributed by atoms with Crippen molar-refractivity contribution >= 4 is 33.5 Å². The van der Waals surface area contributed by atoms with E-state index < -0.39 is 39.4 Å². The molecule has 12 heteroatoms. The number of nitrogens with one attached hydrogen (secondary N) is 2. The molecule has 3 N–H and O–H groups in total. The zero-order valence-corrected chi connectivity index (χ0v) is 23.6. The van der Waals surface area contributed by atoms with Crippen molar-refractivity contribution < 1.29 is 23.1 Å². The highest BCUT2D eigenvalue weighted by Gasteiger charge is 2.48. The first-order valence-corrected chi connectivity index (χ1v) is 14.4. The van der Waals surface area contributed by atoms with E-state index in [0.717, 1.165) is 5.69 Å². The lowest BCUT2D eigenvalue weighted by atomic mass is 9.78. The molecule has 0 aliphatic carbocycles. The standard InChI is InChI=1S/C28H34N6O5S/c1-27(2,3)28(20-24(35)36,32-40(38,39)23-11-5-4-6-12-23)31-25(37)21-9-7-10-22(19-21)33-15-17-34(18-16-33)26-29-13-8-14-30-26/h4-14,19,32H,15-18,20H2,1-3H3,(H,31,37)(H,35,36). The number of hydrogen-bond donors (Lipinski definition) is 3. The zero-order valence-electron chi connectivity index (χ0n) is 22.7. The Morgan fingerprint density at radius 3 is 2.12 bits per heavy atom. The maximum atomic E-state index is 13.6. The third-order valence-corrected chi connectivity index (χ3v) is 8.48. The maximum absolute atomic E-state index is 13.6. The molecule has 0 radical (unpaired) electrons. The van der Waals surface area contributed by atoms with E-state index in [4.69, 9.17) is 0 Å². The van der Waals surface area contributed by atoms with Crippen molar-refractivity contribution in [2.45, 2.75) is 37.8 Å². The Hall–Kier alpha value is -4.03. The van der Waals surface area contributed by atoms with Crippen LogP contribution in [-0.2, 0) is 14.8 Å². The lowest BCUT2D eigenvalue weighted by Crippen LogP contribution is -2.68. The molecule has 3 aromatic rings. The summed E-state index contributed by atoms with van der Waals surface area (Å²) in [5.41, 5.74) is -1.74. The van der Waals surface area contributed by atoms with Crippen molar-refractivity contribution in [3.8, 4) is 0 Å². The lowest BCUT2D eigenvalue weighted by molar-refractivity contribution is -0.140. The smallest absolute Gasteiger partial charge is 0.307 e. The predicted molar refractivity (Wildman–Crippen MR) is 152 cm³/mol. The van der Waals surface area contributed by atoms with E-state index in [1.54, 1.807) is 75.6 Å². The van der Waals surface area contributed by atoms with E-state index in [9.17, 15) is 23.1 Å². The fraction of sp³-hybridized carbons (Fsp3) is 0.357. The summed E-state index contributed by atoms with van der Waals surface area (Å²) in [5.74, 6) is -1.18. The summed E-state index contributed by atoms with van der Waals surface area (Å²) in [6.07, 6.45) is 2.74. The molecule has 2 heterocycles. The average molecular weight is 567 g/mol. The van der Waals surface area contributed by atoms with Crippen molar-refractivity contribution in [1.82, 2.24) is 20.0 Å². The third kappa shape index (κ3) is 6.57. The monoisotopic (exact) mass is 566 g/mol. The molecule has 1 aliphatic rings. The SMILES string of the molecule is CC(C)(C)C(CC(=O)O)(NC(=O)c1cccc(N2CCN(c3ncccn3)CC2)c1)NS(=O)(=O)c1ccccc1. The number of carbonyl (C=O) groups is 2. The number of aromatic nitrogens is 2. The van der Waals surface area contributed by atoms with Gasteiger partial charge in [0.1, 0.15) is 5.66 Å². The minimum Gasteiger partial charge on any atom is -0.481 e. The quantitative estimate of drug-likeness (QED) is 0.333. The summed E-state index contributed by atoms with van der Waals surface area (Å²) in [4.78, 5) is 38.4. The van der Waals surface area contributed by atoms with E-state index in [-0.39, 0.29) is 10.5 Å². The lowest BCUT2D eigenvalue weighted by Gasteiger charge is -2.44. The van der Waals surface area contributed by atoms with Crippen molar-refractivity contribution in [3.05, 3.63) is 78.6 Å². The summed E-state index contributed by atoms with van der Waals surface area (Å²) in [6.45, 7) is 7.81. The number of sulfonamides is 1. The number of nitrogens with zero attached hydrogens (tertiary/aromatic N) is 4. The molecule has 11 nitrogen and oxygen atoms in total. The van der Waals surface area contributed by atoms with Gasteiger partial charge in [-0.05, 0) is 36.4 Å². The van der Waals surface area contributed by atoms with Crippen LogP contribution in [0, 0.1) is 5.41 Å². The molecular formula is C28H34N6O5S. The van der Waals surface area contributed by atoms with E-state index in [2.05, 4.69) is 29.8 Å². The summed E-state index contributed by atoms with van der Waals surface area (Å²) in [5, 5.41) is 12.5. The van der Waals surface area contributed by atoms with Gasteiger partial charge in [-0.15, -0.1) is 0 Å². The Bertz CT molecular complexity index is 1440. The van der Waals surface area contributed by atoms with Crippen LogP contribution in [0.4, 0.5) is 11.6 Å². The van der Waals surface area contributed by atoms with Gasteiger partial charge in [-0.2, -0.15) is 4.72 Å². The number of carboxylic acid groups (broad SMARTS) is 1. The van der Waals surface area contributed by atoms with Crippen LogP contribution in [0.15, 0.2) is 78.0 Å². The molecule has 1 atom stereocenters. The molecule has 1 saturated heterocycles. The maximum Gasteiger partial charge on any atom is 0.307 e. The van der Waals surface area contributed by atoms with E-state index >= 15 is 0 Å². The van der Waals surface area contributed by atoms with Crippen LogP contribution < -0.4 is 19.8 Å². The summed E-state index contributed by atoms with van der Waals surface area (Å²) < 4.78 is 29.1. The highest BCUT2D eigenvalue weighted by Crippen LogP contribution is 2.33. The van der Waals surface area contributed by atoms with E-state index in [1.807, 2.05) is 6.07 Å². The molecule has 2 aromatic carbocycles. The van der Waals surface area contributed by atoms with Gasteiger partial charge in [0.15, 0.2) is 0 Å².